The van der Waals surface area contributed by atoms with Gasteiger partial charge in [0, 0.05) is 12.4 Å². The van der Waals surface area contributed by atoms with Crippen molar-refractivity contribution in [2.24, 2.45) is 5.41 Å². The van der Waals surface area contributed by atoms with Crippen molar-refractivity contribution in [2.75, 3.05) is 0 Å². The van der Waals surface area contributed by atoms with Crippen LogP contribution in [0.2, 0.25) is 0 Å². The van der Waals surface area contributed by atoms with E-state index in [-0.39, 0.29) is 11.3 Å². The molecule has 0 spiro atoms. The van der Waals surface area contributed by atoms with Gasteiger partial charge in [0.2, 0.25) is 5.82 Å². The van der Waals surface area contributed by atoms with Gasteiger partial charge in [-0.1, -0.05) is 27.7 Å². The standard InChI is InChI=1S/C12H17F3N2/c1-5-9(11(2,3)4)8-6-16-10(17-7-8)12(13,14)15/h6-7,9H,5H2,1-4H3. The normalized spacial score (nSPS) is 14.8. The van der Waals surface area contributed by atoms with Crippen LogP contribution in [0.4, 0.5) is 13.2 Å². The highest BCUT2D eigenvalue weighted by Gasteiger charge is 2.35. The van der Waals surface area contributed by atoms with E-state index in [2.05, 4.69) is 30.7 Å². The molecule has 0 bridgehead atoms. The van der Waals surface area contributed by atoms with Crippen LogP contribution < -0.4 is 0 Å². The summed E-state index contributed by atoms with van der Waals surface area (Å²) in [7, 11) is 0. The van der Waals surface area contributed by atoms with Gasteiger partial charge >= 0.3 is 6.18 Å². The predicted octanol–water partition coefficient (Wildman–Crippen LogP) is 4.04. The van der Waals surface area contributed by atoms with E-state index in [1.165, 1.54) is 12.4 Å². The van der Waals surface area contributed by atoms with Crippen LogP contribution in [0.15, 0.2) is 12.4 Å². The van der Waals surface area contributed by atoms with E-state index in [4.69, 9.17) is 0 Å². The molecule has 0 fully saturated rings. The molecular weight excluding hydrogens is 229 g/mol. The first-order valence-electron chi connectivity index (χ1n) is 5.55. The second kappa shape index (κ2) is 4.63. The molecule has 0 amide bonds. The summed E-state index contributed by atoms with van der Waals surface area (Å²) < 4.78 is 36.9. The predicted molar refractivity (Wildman–Crippen MR) is 59.5 cm³/mol. The van der Waals surface area contributed by atoms with E-state index in [0.717, 1.165) is 12.0 Å². The highest BCUT2D eigenvalue weighted by atomic mass is 19.4. The molecule has 1 rings (SSSR count). The highest BCUT2D eigenvalue weighted by Crippen LogP contribution is 2.37. The summed E-state index contributed by atoms with van der Waals surface area (Å²) in [4.78, 5) is 6.79. The lowest BCUT2D eigenvalue weighted by atomic mass is 9.76. The first kappa shape index (κ1) is 13.9. The Balaban J connectivity index is 3.02. The molecule has 1 aromatic rings. The van der Waals surface area contributed by atoms with Gasteiger partial charge in [0.1, 0.15) is 0 Å². The van der Waals surface area contributed by atoms with Gasteiger partial charge in [-0.15, -0.1) is 0 Å². The minimum atomic E-state index is -4.47. The number of rotatable bonds is 2. The second-order valence-corrected chi connectivity index (χ2v) is 5.16. The molecule has 0 N–H and O–H groups in total. The third-order valence-corrected chi connectivity index (χ3v) is 2.78. The molecule has 1 atom stereocenters. The smallest absolute Gasteiger partial charge is 0.233 e. The quantitative estimate of drug-likeness (QED) is 0.787. The molecule has 0 saturated heterocycles. The van der Waals surface area contributed by atoms with Crippen molar-refractivity contribution < 1.29 is 13.2 Å². The number of aromatic nitrogens is 2. The number of alkyl halides is 3. The minimum absolute atomic E-state index is 0.0160. The van der Waals surface area contributed by atoms with Crippen LogP contribution in [0.3, 0.4) is 0 Å². The van der Waals surface area contributed by atoms with Gasteiger partial charge in [-0.05, 0) is 23.3 Å². The molecule has 2 nitrogen and oxygen atoms in total. The Labute approximate surface area is 99.3 Å². The number of hydrogen-bond acceptors (Lipinski definition) is 2. The molecule has 17 heavy (non-hydrogen) atoms. The first-order chi connectivity index (χ1) is 7.66. The summed E-state index contributed by atoms with van der Waals surface area (Å²) in [6, 6.07) is 0. The van der Waals surface area contributed by atoms with Crippen molar-refractivity contribution in [1.29, 1.82) is 0 Å². The van der Waals surface area contributed by atoms with Crippen LogP contribution in [0.1, 0.15) is 51.4 Å². The first-order valence-corrected chi connectivity index (χ1v) is 5.55. The summed E-state index contributed by atoms with van der Waals surface area (Å²) in [6.07, 6.45) is -1.05. The lowest BCUT2D eigenvalue weighted by Gasteiger charge is -2.29. The Bertz CT molecular complexity index is 363. The van der Waals surface area contributed by atoms with Gasteiger partial charge in [-0.3, -0.25) is 0 Å². The van der Waals surface area contributed by atoms with Crippen LogP contribution in [-0.4, -0.2) is 9.97 Å². The number of halogens is 3. The van der Waals surface area contributed by atoms with Crippen LogP contribution in [0, 0.1) is 5.41 Å². The largest absolute Gasteiger partial charge is 0.451 e. The third-order valence-electron chi connectivity index (χ3n) is 2.78. The lowest BCUT2D eigenvalue weighted by molar-refractivity contribution is -0.145. The molecule has 5 heteroatoms. The van der Waals surface area contributed by atoms with Crippen LogP contribution in [-0.2, 0) is 6.18 Å². The highest BCUT2D eigenvalue weighted by molar-refractivity contribution is 5.15. The van der Waals surface area contributed by atoms with Crippen molar-refractivity contribution >= 4 is 0 Å². The molecule has 0 radical (unpaired) electrons. The molecule has 96 valence electrons. The maximum Gasteiger partial charge on any atom is 0.451 e. The molecule has 1 heterocycles. The second-order valence-electron chi connectivity index (χ2n) is 5.16. The van der Waals surface area contributed by atoms with Gasteiger partial charge in [0.25, 0.3) is 0 Å². The Morgan fingerprint density at radius 3 is 1.88 bits per heavy atom. The number of hydrogen-bond donors (Lipinski definition) is 0. The van der Waals surface area contributed by atoms with E-state index >= 15 is 0 Å². The Hall–Kier alpha value is -1.13. The van der Waals surface area contributed by atoms with Crippen molar-refractivity contribution in [3.05, 3.63) is 23.8 Å². The molecule has 0 saturated carbocycles. The van der Waals surface area contributed by atoms with Gasteiger partial charge in [0.15, 0.2) is 0 Å². The number of nitrogens with zero attached hydrogens (tertiary/aromatic N) is 2. The Morgan fingerprint density at radius 2 is 1.59 bits per heavy atom. The zero-order chi connectivity index (χ0) is 13.3. The molecule has 0 aliphatic heterocycles. The topological polar surface area (TPSA) is 25.8 Å². The van der Waals surface area contributed by atoms with Crippen LogP contribution >= 0.6 is 0 Å². The molecular formula is C12H17F3N2. The zero-order valence-electron chi connectivity index (χ0n) is 10.5. The van der Waals surface area contributed by atoms with Gasteiger partial charge in [0.05, 0.1) is 0 Å². The molecule has 0 aliphatic carbocycles. The molecule has 0 aliphatic rings. The fraction of sp³-hybridized carbons (Fsp3) is 0.667. The lowest BCUT2D eigenvalue weighted by Crippen LogP contribution is -2.19. The summed E-state index contributed by atoms with van der Waals surface area (Å²) in [6.45, 7) is 8.17. The summed E-state index contributed by atoms with van der Waals surface area (Å²) >= 11 is 0. The Kier molecular flexibility index (Phi) is 3.79. The monoisotopic (exact) mass is 246 g/mol. The SMILES string of the molecule is CCC(c1cnc(C(F)(F)F)nc1)C(C)(C)C. The third kappa shape index (κ3) is 3.41. The van der Waals surface area contributed by atoms with Crippen molar-refractivity contribution in [3.63, 3.8) is 0 Å². The fourth-order valence-electron chi connectivity index (χ4n) is 2.01. The molecule has 0 aromatic carbocycles. The zero-order valence-corrected chi connectivity index (χ0v) is 10.5. The fourth-order valence-corrected chi connectivity index (χ4v) is 2.01. The Morgan fingerprint density at radius 1 is 1.12 bits per heavy atom. The van der Waals surface area contributed by atoms with E-state index in [0.29, 0.717) is 0 Å². The maximum atomic E-state index is 12.3. The van der Waals surface area contributed by atoms with Gasteiger partial charge < -0.3 is 0 Å². The maximum absolute atomic E-state index is 12.3. The summed E-state index contributed by atoms with van der Waals surface area (Å²) in [5.41, 5.74) is 0.741. The molecule has 1 unspecified atom stereocenters. The van der Waals surface area contributed by atoms with Gasteiger partial charge in [-0.2, -0.15) is 13.2 Å². The average molecular weight is 246 g/mol. The van der Waals surface area contributed by atoms with Crippen LogP contribution in [0.5, 0.6) is 0 Å². The van der Waals surface area contributed by atoms with E-state index in [9.17, 15) is 13.2 Å². The molecule has 1 aromatic heterocycles. The average Bonchev–Trinajstić information content (AvgIpc) is 2.16. The minimum Gasteiger partial charge on any atom is -0.233 e. The van der Waals surface area contributed by atoms with Crippen molar-refractivity contribution in [2.45, 2.75) is 46.2 Å². The van der Waals surface area contributed by atoms with E-state index in [1.54, 1.807) is 0 Å². The summed E-state index contributed by atoms with van der Waals surface area (Å²) in [5, 5.41) is 0. The van der Waals surface area contributed by atoms with Gasteiger partial charge in [-0.25, -0.2) is 9.97 Å². The van der Waals surface area contributed by atoms with E-state index < -0.39 is 12.0 Å². The van der Waals surface area contributed by atoms with Crippen molar-refractivity contribution in [1.82, 2.24) is 9.97 Å². The van der Waals surface area contributed by atoms with Crippen molar-refractivity contribution in [3.8, 4) is 0 Å². The van der Waals surface area contributed by atoms with E-state index in [1.807, 2.05) is 6.92 Å². The summed E-state index contributed by atoms with van der Waals surface area (Å²) in [5.74, 6) is -0.921. The van der Waals surface area contributed by atoms with Crippen LogP contribution in [0.25, 0.3) is 0 Å².